The lowest BCUT2D eigenvalue weighted by molar-refractivity contribution is 1.07. The third-order valence-electron chi connectivity index (χ3n) is 18.8. The van der Waals surface area contributed by atoms with Gasteiger partial charge in [0.1, 0.15) is 0 Å². The van der Waals surface area contributed by atoms with Crippen LogP contribution in [0.1, 0.15) is 16.7 Å². The van der Waals surface area contributed by atoms with Crippen LogP contribution in [0.5, 0.6) is 0 Å². The average molecular weight is 1250 g/mol. The Hall–Kier alpha value is -13.8. The van der Waals surface area contributed by atoms with Crippen LogP contribution in [0, 0.1) is 34.0 Å². The van der Waals surface area contributed by atoms with Gasteiger partial charge in [-0.15, -0.1) is 0 Å². The molecule has 0 radical (unpaired) electrons. The highest BCUT2D eigenvalue weighted by Gasteiger charge is 2.24. The molecule has 3 heterocycles. The highest BCUT2D eigenvalue weighted by molar-refractivity contribution is 6.13. The van der Waals surface area contributed by atoms with Gasteiger partial charge in [-0.1, -0.05) is 212 Å². The summed E-state index contributed by atoms with van der Waals surface area (Å²) in [6.07, 6.45) is 0. The second-order valence-corrected chi connectivity index (χ2v) is 24.4. The molecule has 0 N–H and O–H groups in total. The Morgan fingerprint density at radius 2 is 0.520 bits per heavy atom. The number of hydrogen-bond donors (Lipinski definition) is 0. The molecule has 3 aromatic heterocycles. The van der Waals surface area contributed by atoms with Crippen molar-refractivity contribution in [1.29, 1.82) is 15.8 Å². The summed E-state index contributed by atoms with van der Waals surface area (Å²) >= 11 is 0. The van der Waals surface area contributed by atoms with Crippen LogP contribution in [-0.2, 0) is 0 Å². The number of fused-ring (bicyclic) bond motifs is 6. The van der Waals surface area contributed by atoms with Gasteiger partial charge in [0.2, 0.25) is 0 Å². The third-order valence-corrected chi connectivity index (χ3v) is 18.8. The number of aromatic nitrogens is 5. The number of nitriles is 3. The van der Waals surface area contributed by atoms with E-state index in [0.29, 0.717) is 34.2 Å². The summed E-state index contributed by atoms with van der Waals surface area (Å²) in [5.74, 6) is 1.29. The highest BCUT2D eigenvalue weighted by Crippen LogP contribution is 2.44. The summed E-state index contributed by atoms with van der Waals surface area (Å²) in [5, 5.41) is 35.0. The maximum Gasteiger partial charge on any atom is 0.164 e. The summed E-state index contributed by atoms with van der Waals surface area (Å²) in [6.45, 7) is 0. The van der Waals surface area contributed by atoms with E-state index in [9.17, 15) is 15.8 Å². The van der Waals surface area contributed by atoms with Crippen molar-refractivity contribution in [2.75, 3.05) is 0 Å². The molecule has 0 aliphatic rings. The minimum absolute atomic E-state index is 0.428. The van der Waals surface area contributed by atoms with E-state index in [1.807, 2.05) is 121 Å². The first-order valence-electron chi connectivity index (χ1n) is 32.5. The van der Waals surface area contributed by atoms with Gasteiger partial charge >= 0.3 is 0 Å². The molecule has 14 aromatic carbocycles. The Morgan fingerprint density at radius 1 is 0.214 bits per heavy atom. The van der Waals surface area contributed by atoms with Gasteiger partial charge < -0.3 is 9.13 Å². The minimum atomic E-state index is 0.428. The fraction of sp³-hybridized carbons (Fsp3) is 0. The molecule has 0 amide bonds. The summed E-state index contributed by atoms with van der Waals surface area (Å²) in [6, 6.07) is 120. The molecule has 0 fully saturated rings. The van der Waals surface area contributed by atoms with Gasteiger partial charge in [-0.3, -0.25) is 0 Å². The molecule has 0 bridgehead atoms. The van der Waals surface area contributed by atoms with E-state index in [2.05, 4.69) is 234 Å². The molecule has 0 aliphatic carbocycles. The maximum absolute atomic E-state index is 10.2. The third kappa shape index (κ3) is 10.5. The Balaban J connectivity index is 0.888. The Morgan fingerprint density at radius 3 is 0.878 bits per heavy atom. The van der Waals surface area contributed by atoms with E-state index in [0.717, 1.165) is 150 Å². The molecular formula is C90H54N8. The number of benzene rings is 14. The molecule has 0 unspecified atom stereocenters. The van der Waals surface area contributed by atoms with Crippen molar-refractivity contribution < 1.29 is 0 Å². The zero-order valence-electron chi connectivity index (χ0n) is 52.8. The first-order valence-corrected chi connectivity index (χ1v) is 32.5. The highest BCUT2D eigenvalue weighted by atomic mass is 15.0. The van der Waals surface area contributed by atoms with Gasteiger partial charge in [-0.05, 0) is 193 Å². The van der Waals surface area contributed by atoms with Crippen molar-refractivity contribution in [2.45, 2.75) is 0 Å². The summed E-state index contributed by atoms with van der Waals surface area (Å²) < 4.78 is 4.68. The van der Waals surface area contributed by atoms with E-state index in [4.69, 9.17) is 15.0 Å². The van der Waals surface area contributed by atoms with E-state index < -0.39 is 0 Å². The number of rotatable bonds is 12. The first-order chi connectivity index (χ1) is 48.4. The van der Waals surface area contributed by atoms with Gasteiger partial charge in [-0.25, -0.2) is 15.0 Å². The molecule has 8 heteroatoms. The van der Waals surface area contributed by atoms with E-state index in [1.165, 1.54) is 0 Å². The van der Waals surface area contributed by atoms with E-state index in [1.54, 1.807) is 0 Å². The van der Waals surface area contributed by atoms with Crippen LogP contribution in [0.2, 0.25) is 0 Å². The monoisotopic (exact) mass is 1250 g/mol. The predicted molar refractivity (Wildman–Crippen MR) is 397 cm³/mol. The molecule has 0 spiro atoms. The van der Waals surface area contributed by atoms with Crippen LogP contribution in [-0.4, -0.2) is 24.1 Å². The van der Waals surface area contributed by atoms with Crippen LogP contribution in [0.4, 0.5) is 0 Å². The van der Waals surface area contributed by atoms with Gasteiger partial charge in [0, 0.05) is 49.6 Å². The van der Waals surface area contributed by atoms with Gasteiger partial charge in [0.15, 0.2) is 17.5 Å². The van der Waals surface area contributed by atoms with Crippen LogP contribution in [0.25, 0.3) is 167 Å². The quantitative estimate of drug-likeness (QED) is 0.120. The van der Waals surface area contributed by atoms with E-state index in [-0.39, 0.29) is 0 Å². The Bertz CT molecular complexity index is 5580. The Labute approximate surface area is 566 Å². The zero-order chi connectivity index (χ0) is 65.6. The largest absolute Gasteiger partial charge is 0.309 e. The molecule has 0 aliphatic heterocycles. The summed E-state index contributed by atoms with van der Waals surface area (Å²) in [7, 11) is 0. The van der Waals surface area contributed by atoms with Gasteiger partial charge in [0.25, 0.3) is 0 Å². The SMILES string of the molecule is N#Cc1ccc(-c2cc(-n3c4ccc(-c5ccccc5)cc4c4cc(-c5ccccc5)ccc43)ccc2-c2nc(-c3ccc(-c4ccccc4C#N)cc3)nc(-c3ccc(-n4c5ccc(-c6ccccc6)cc5c5cc(-c6ccccc6)ccc54)cc3-c3ccc(C#N)cc3)n2)cc1. The smallest absolute Gasteiger partial charge is 0.164 e. The fourth-order valence-electron chi connectivity index (χ4n) is 13.9. The molecule has 8 nitrogen and oxygen atoms in total. The maximum atomic E-state index is 10.2. The molecule has 454 valence electrons. The van der Waals surface area contributed by atoms with Gasteiger partial charge in [-0.2, -0.15) is 15.8 Å². The van der Waals surface area contributed by atoms with Crippen molar-refractivity contribution in [3.05, 3.63) is 344 Å². The molecule has 0 saturated heterocycles. The molecule has 17 aromatic rings. The van der Waals surface area contributed by atoms with Gasteiger partial charge in [0.05, 0.1) is 57.0 Å². The second kappa shape index (κ2) is 24.6. The van der Waals surface area contributed by atoms with Crippen molar-refractivity contribution >= 4 is 43.6 Å². The lowest BCUT2D eigenvalue weighted by atomic mass is 9.96. The lowest BCUT2D eigenvalue weighted by Gasteiger charge is -2.17. The first kappa shape index (κ1) is 58.0. The molecular weight excluding hydrogens is 1190 g/mol. The molecule has 98 heavy (non-hydrogen) atoms. The molecule has 0 saturated carbocycles. The lowest BCUT2D eigenvalue weighted by Crippen LogP contribution is -2.03. The van der Waals surface area contributed by atoms with Crippen LogP contribution < -0.4 is 0 Å². The Kier molecular flexibility index (Phi) is 14.5. The zero-order valence-corrected chi connectivity index (χ0v) is 52.8. The molecule has 17 rings (SSSR count). The summed E-state index contributed by atoms with van der Waals surface area (Å²) in [4.78, 5) is 16.5. The van der Waals surface area contributed by atoms with Crippen LogP contribution in [0.15, 0.2) is 328 Å². The number of nitrogens with zero attached hydrogens (tertiary/aromatic N) is 8. The van der Waals surface area contributed by atoms with Crippen LogP contribution in [0.3, 0.4) is 0 Å². The minimum Gasteiger partial charge on any atom is -0.309 e. The van der Waals surface area contributed by atoms with E-state index >= 15 is 0 Å². The summed E-state index contributed by atoms with van der Waals surface area (Å²) in [5.41, 5.74) is 24.1. The van der Waals surface area contributed by atoms with Crippen molar-refractivity contribution in [2.24, 2.45) is 0 Å². The van der Waals surface area contributed by atoms with Crippen molar-refractivity contribution in [3.8, 4) is 142 Å². The van der Waals surface area contributed by atoms with Crippen molar-refractivity contribution in [3.63, 3.8) is 0 Å². The second-order valence-electron chi connectivity index (χ2n) is 24.4. The molecule has 0 atom stereocenters. The van der Waals surface area contributed by atoms with Crippen LogP contribution >= 0.6 is 0 Å². The number of hydrogen-bond acceptors (Lipinski definition) is 6. The predicted octanol–water partition coefficient (Wildman–Crippen LogP) is 22.4. The standard InChI is InChI=1S/C90H54N8/c91-55-58-25-29-65(30-26-58)78-53-73(97-84-45-37-68(60-15-5-1-6-16-60)49-80(84)81-50-69(38-46-85(81)97)61-17-7-2-8-18-61)41-43-76(78)89-94-88(67-35-33-64(34-36-67)75-24-14-13-23-72(75)57-93)95-90(96-89)77-44-42-74(54-79(77)66-31-27-59(56-92)28-32-66)98-86-47-39-70(62-19-9-3-10-20-62)51-82(86)83-52-71(40-48-87(83)98)63-21-11-4-12-22-63/h1-54H. The van der Waals surface area contributed by atoms with Crippen molar-refractivity contribution in [1.82, 2.24) is 24.1 Å². The fourth-order valence-corrected chi connectivity index (χ4v) is 13.9. The topological polar surface area (TPSA) is 120 Å². The average Bonchev–Trinajstić information content (AvgIpc) is 1.58. The normalized spacial score (nSPS) is 11.2.